The Morgan fingerprint density at radius 2 is 1.06 bits per heavy atom. The van der Waals surface area contributed by atoms with Crippen LogP contribution in [0.15, 0.2) is 11.6 Å². The third kappa shape index (κ3) is 14.0. The zero-order valence-corrected chi connectivity index (χ0v) is 22.5. The zero-order chi connectivity index (χ0) is 24.2. The maximum Gasteiger partial charge on any atom is 0.230 e. The largest absolute Gasteiger partial charge is 0.275 e. The van der Waals surface area contributed by atoms with Crippen molar-refractivity contribution in [3.05, 3.63) is 11.6 Å². The van der Waals surface area contributed by atoms with Gasteiger partial charge in [0.1, 0.15) is 0 Å². The second-order valence-corrected chi connectivity index (χ2v) is 10.4. The lowest BCUT2D eigenvalue weighted by atomic mass is 9.97. The minimum absolute atomic E-state index is 0.00406. The van der Waals surface area contributed by atoms with Crippen LogP contribution in [0.4, 0.5) is 0 Å². The number of rotatable bonds is 22. The first-order valence-electron chi connectivity index (χ1n) is 14.6. The molecule has 1 atom stereocenters. The van der Waals surface area contributed by atoms with E-state index in [1.807, 2.05) is 0 Å². The molecule has 1 saturated heterocycles. The van der Waals surface area contributed by atoms with Gasteiger partial charge in [0.15, 0.2) is 0 Å². The molecule has 1 rings (SSSR count). The second kappa shape index (κ2) is 20.3. The number of nitrogens with zero attached hydrogens (tertiary/aromatic N) is 1. The first-order chi connectivity index (χ1) is 16.1. The first-order valence-corrected chi connectivity index (χ1v) is 14.6. The monoisotopic (exact) mass is 461 g/mol. The van der Waals surface area contributed by atoms with Crippen LogP contribution < -0.4 is 0 Å². The standard InChI is InChI=1S/C30H55NO2/c1-4-6-8-10-12-14-15-16-18-20-22-24-28(31-29(32)25-26-30(31)33)27(3)23-21-19-17-13-11-9-7-5-2/h23,28H,4-22,24-26H2,1-3H3. The number of hydrogen-bond donors (Lipinski definition) is 0. The Morgan fingerprint density at radius 3 is 1.52 bits per heavy atom. The average Bonchev–Trinajstić information content (AvgIpc) is 3.14. The molecule has 2 amide bonds. The molecule has 3 nitrogen and oxygen atoms in total. The van der Waals surface area contributed by atoms with Crippen LogP contribution in [0.2, 0.25) is 0 Å². The molecule has 1 aliphatic heterocycles. The van der Waals surface area contributed by atoms with Gasteiger partial charge in [-0.25, -0.2) is 0 Å². The summed E-state index contributed by atoms with van der Waals surface area (Å²) in [6.07, 6.45) is 28.9. The number of likely N-dealkylation sites (tertiary alicyclic amines) is 1. The number of carbonyl (C=O) groups is 2. The van der Waals surface area contributed by atoms with Gasteiger partial charge in [-0.15, -0.1) is 0 Å². The van der Waals surface area contributed by atoms with Crippen molar-refractivity contribution in [3.8, 4) is 0 Å². The summed E-state index contributed by atoms with van der Waals surface area (Å²) in [5.74, 6) is 0.0773. The minimum atomic E-state index is -0.00406. The van der Waals surface area contributed by atoms with Crippen LogP contribution in [-0.2, 0) is 9.59 Å². The fourth-order valence-electron chi connectivity index (χ4n) is 5.07. The summed E-state index contributed by atoms with van der Waals surface area (Å²) in [7, 11) is 0. The van der Waals surface area contributed by atoms with E-state index in [2.05, 4.69) is 26.8 Å². The molecule has 1 unspecified atom stereocenters. The maximum atomic E-state index is 12.4. The molecule has 0 aromatic rings. The number of hydrogen-bond acceptors (Lipinski definition) is 2. The Morgan fingerprint density at radius 1 is 0.667 bits per heavy atom. The van der Waals surface area contributed by atoms with Crippen LogP contribution in [0.5, 0.6) is 0 Å². The van der Waals surface area contributed by atoms with Gasteiger partial charge in [0.2, 0.25) is 11.8 Å². The summed E-state index contributed by atoms with van der Waals surface area (Å²) in [6, 6.07) is -0.00406. The van der Waals surface area contributed by atoms with E-state index in [0.29, 0.717) is 12.8 Å². The predicted molar refractivity (Wildman–Crippen MR) is 142 cm³/mol. The highest BCUT2D eigenvalue weighted by Gasteiger charge is 2.35. The molecule has 3 heteroatoms. The Labute approximate surface area is 206 Å². The molecule has 0 spiro atoms. The predicted octanol–water partition coefficient (Wildman–Crippen LogP) is 9.29. The second-order valence-electron chi connectivity index (χ2n) is 10.4. The highest BCUT2D eigenvalue weighted by molar-refractivity contribution is 6.02. The molecule has 0 radical (unpaired) electrons. The van der Waals surface area contributed by atoms with Gasteiger partial charge < -0.3 is 0 Å². The molecule has 0 aromatic heterocycles. The lowest BCUT2D eigenvalue weighted by Gasteiger charge is -2.27. The van der Waals surface area contributed by atoms with Crippen molar-refractivity contribution in [1.82, 2.24) is 4.90 Å². The van der Waals surface area contributed by atoms with Gasteiger partial charge >= 0.3 is 0 Å². The summed E-state index contributed by atoms with van der Waals surface area (Å²) >= 11 is 0. The molecule has 0 bridgehead atoms. The number of amides is 2. The number of allylic oxidation sites excluding steroid dienone is 1. The first kappa shape index (κ1) is 29.9. The van der Waals surface area contributed by atoms with E-state index in [4.69, 9.17) is 0 Å². The molecule has 0 N–H and O–H groups in total. The number of imide groups is 1. The fourth-order valence-corrected chi connectivity index (χ4v) is 5.07. The highest BCUT2D eigenvalue weighted by Crippen LogP contribution is 2.25. The van der Waals surface area contributed by atoms with Crippen LogP contribution >= 0.6 is 0 Å². The van der Waals surface area contributed by atoms with Crippen LogP contribution in [0.1, 0.15) is 162 Å². The van der Waals surface area contributed by atoms with Crippen molar-refractivity contribution in [2.24, 2.45) is 0 Å². The van der Waals surface area contributed by atoms with E-state index >= 15 is 0 Å². The zero-order valence-electron chi connectivity index (χ0n) is 22.5. The molecule has 33 heavy (non-hydrogen) atoms. The van der Waals surface area contributed by atoms with E-state index in [1.165, 1.54) is 115 Å². The van der Waals surface area contributed by atoms with Crippen molar-refractivity contribution in [1.29, 1.82) is 0 Å². The average molecular weight is 462 g/mol. The molecule has 1 aliphatic rings. The molecule has 1 heterocycles. The minimum Gasteiger partial charge on any atom is -0.275 e. The van der Waals surface area contributed by atoms with Gasteiger partial charge in [0.25, 0.3) is 0 Å². The van der Waals surface area contributed by atoms with E-state index in [1.54, 1.807) is 4.90 Å². The van der Waals surface area contributed by atoms with Gasteiger partial charge in [0, 0.05) is 12.8 Å². The van der Waals surface area contributed by atoms with Crippen molar-refractivity contribution in [3.63, 3.8) is 0 Å². The topological polar surface area (TPSA) is 37.4 Å². The maximum absolute atomic E-state index is 12.4. The Kier molecular flexibility index (Phi) is 18.4. The molecule has 192 valence electrons. The molecular weight excluding hydrogens is 406 g/mol. The molecule has 1 fully saturated rings. The highest BCUT2D eigenvalue weighted by atomic mass is 16.2. The molecule has 0 saturated carbocycles. The van der Waals surface area contributed by atoms with Gasteiger partial charge in [0.05, 0.1) is 6.04 Å². The Bertz CT molecular complexity index is 523. The lowest BCUT2D eigenvalue weighted by molar-refractivity contribution is -0.140. The van der Waals surface area contributed by atoms with Crippen molar-refractivity contribution < 1.29 is 9.59 Å². The lowest BCUT2D eigenvalue weighted by Crippen LogP contribution is -2.40. The Hall–Kier alpha value is -1.12. The summed E-state index contributed by atoms with van der Waals surface area (Å²) in [5.41, 5.74) is 1.23. The SMILES string of the molecule is CCCCCCCCCC=C(C)C(CCCCCCCCCCCCC)N1C(=O)CCC1=O. The van der Waals surface area contributed by atoms with Crippen LogP contribution in [-0.4, -0.2) is 22.8 Å². The van der Waals surface area contributed by atoms with E-state index in [-0.39, 0.29) is 17.9 Å². The van der Waals surface area contributed by atoms with Crippen LogP contribution in [0.25, 0.3) is 0 Å². The summed E-state index contributed by atoms with van der Waals surface area (Å²) in [6.45, 7) is 6.67. The summed E-state index contributed by atoms with van der Waals surface area (Å²) in [5, 5.41) is 0. The number of unbranched alkanes of at least 4 members (excludes halogenated alkanes) is 17. The van der Waals surface area contributed by atoms with Gasteiger partial charge in [-0.2, -0.15) is 0 Å². The normalized spacial score (nSPS) is 15.6. The van der Waals surface area contributed by atoms with E-state index in [9.17, 15) is 9.59 Å². The smallest absolute Gasteiger partial charge is 0.230 e. The molecule has 0 aromatic carbocycles. The van der Waals surface area contributed by atoms with E-state index < -0.39 is 0 Å². The summed E-state index contributed by atoms with van der Waals surface area (Å²) in [4.78, 5) is 26.4. The Balaban J connectivity index is 2.32. The summed E-state index contributed by atoms with van der Waals surface area (Å²) < 4.78 is 0. The third-order valence-corrected chi connectivity index (χ3v) is 7.28. The van der Waals surface area contributed by atoms with Crippen molar-refractivity contribution in [2.45, 2.75) is 168 Å². The molecule has 0 aliphatic carbocycles. The van der Waals surface area contributed by atoms with Gasteiger partial charge in [-0.05, 0) is 26.2 Å². The van der Waals surface area contributed by atoms with Gasteiger partial charge in [-0.1, -0.05) is 135 Å². The third-order valence-electron chi connectivity index (χ3n) is 7.28. The van der Waals surface area contributed by atoms with Crippen LogP contribution in [0.3, 0.4) is 0 Å². The van der Waals surface area contributed by atoms with Crippen molar-refractivity contribution in [2.75, 3.05) is 0 Å². The molecular formula is C30H55NO2. The van der Waals surface area contributed by atoms with Gasteiger partial charge in [-0.3, -0.25) is 14.5 Å². The quantitative estimate of drug-likeness (QED) is 0.0914. The number of carbonyl (C=O) groups excluding carboxylic acids is 2. The van der Waals surface area contributed by atoms with Crippen molar-refractivity contribution >= 4 is 11.8 Å². The van der Waals surface area contributed by atoms with Crippen LogP contribution in [0, 0.1) is 0 Å². The van der Waals surface area contributed by atoms with E-state index in [0.717, 1.165) is 19.3 Å². The fraction of sp³-hybridized carbons (Fsp3) is 0.867.